The second-order valence-corrected chi connectivity index (χ2v) is 11.3. The molecule has 42 heavy (non-hydrogen) atoms. The minimum Gasteiger partial charge on any atom is -0.309 e. The van der Waals surface area contributed by atoms with E-state index < -0.39 is 0 Å². The molecule has 2 aromatic heterocycles. The van der Waals surface area contributed by atoms with Gasteiger partial charge < -0.3 is 4.57 Å². The van der Waals surface area contributed by atoms with Crippen LogP contribution in [-0.2, 0) is 0 Å². The van der Waals surface area contributed by atoms with Gasteiger partial charge in [0.2, 0.25) is 0 Å². The molecule has 0 unspecified atom stereocenters. The van der Waals surface area contributed by atoms with E-state index in [1.54, 1.807) is 0 Å². The van der Waals surface area contributed by atoms with E-state index in [0.29, 0.717) is 0 Å². The first kappa shape index (κ1) is 23.3. The topological polar surface area (TPSA) is 17.8 Å². The third kappa shape index (κ3) is 3.30. The maximum absolute atomic E-state index is 5.47. The highest BCUT2D eigenvalue weighted by Gasteiger charge is 2.17. The standard InChI is InChI=1S/C40H26N2/c1-25-15-22-37-35(23-25)31-13-7-8-14-36(31)42(37)29-19-16-27-18-21-33-38(28-10-3-2-4-11-28)32-20-17-26-9-5-6-12-30(26)39(32)41-40(33)34(27)24-29/h2-24H,1H3. The first-order valence-corrected chi connectivity index (χ1v) is 14.5. The second kappa shape index (κ2) is 8.76. The molecule has 0 N–H and O–H groups in total. The third-order valence-electron chi connectivity index (χ3n) is 8.79. The minimum atomic E-state index is 1.04. The summed E-state index contributed by atoms with van der Waals surface area (Å²) in [6.07, 6.45) is 0. The lowest BCUT2D eigenvalue weighted by atomic mass is 9.92. The fourth-order valence-electron chi connectivity index (χ4n) is 6.87. The molecule has 7 aromatic carbocycles. The maximum atomic E-state index is 5.47. The van der Waals surface area contributed by atoms with Gasteiger partial charge in [0.05, 0.1) is 22.1 Å². The van der Waals surface area contributed by atoms with Gasteiger partial charge in [-0.1, -0.05) is 115 Å². The Morgan fingerprint density at radius 2 is 1.10 bits per heavy atom. The molecular weight excluding hydrogens is 508 g/mol. The summed E-state index contributed by atoms with van der Waals surface area (Å²) in [5.41, 5.74) is 9.37. The first-order valence-electron chi connectivity index (χ1n) is 14.5. The lowest BCUT2D eigenvalue weighted by molar-refractivity contribution is 1.18. The van der Waals surface area contributed by atoms with Crippen molar-refractivity contribution in [3.63, 3.8) is 0 Å². The average molecular weight is 535 g/mol. The summed E-state index contributed by atoms with van der Waals surface area (Å²) in [5.74, 6) is 0. The highest BCUT2D eigenvalue weighted by atomic mass is 15.0. The summed E-state index contributed by atoms with van der Waals surface area (Å²) in [5, 5.41) is 9.65. The zero-order valence-electron chi connectivity index (χ0n) is 23.2. The fourth-order valence-corrected chi connectivity index (χ4v) is 6.87. The second-order valence-electron chi connectivity index (χ2n) is 11.3. The SMILES string of the molecule is Cc1ccc2c(c1)c1ccccc1n2-c1ccc2ccc3c(-c4ccccc4)c4ccc5ccccc5c4nc3c2c1. The van der Waals surface area contributed by atoms with Crippen LogP contribution < -0.4 is 0 Å². The summed E-state index contributed by atoms with van der Waals surface area (Å²) < 4.78 is 2.40. The highest BCUT2D eigenvalue weighted by Crippen LogP contribution is 2.41. The van der Waals surface area contributed by atoms with Crippen LogP contribution in [0.25, 0.3) is 82.0 Å². The molecule has 196 valence electrons. The van der Waals surface area contributed by atoms with Crippen molar-refractivity contribution in [3.05, 3.63) is 145 Å². The molecule has 0 fully saturated rings. The van der Waals surface area contributed by atoms with Crippen molar-refractivity contribution in [1.29, 1.82) is 0 Å². The van der Waals surface area contributed by atoms with Crippen LogP contribution in [0.3, 0.4) is 0 Å². The van der Waals surface area contributed by atoms with Crippen molar-refractivity contribution in [3.8, 4) is 16.8 Å². The van der Waals surface area contributed by atoms with Crippen LogP contribution in [0.5, 0.6) is 0 Å². The van der Waals surface area contributed by atoms with Crippen LogP contribution in [0.2, 0.25) is 0 Å². The predicted octanol–water partition coefficient (Wildman–Crippen LogP) is 10.8. The van der Waals surface area contributed by atoms with Gasteiger partial charge in [-0.15, -0.1) is 0 Å². The zero-order chi connectivity index (χ0) is 27.8. The van der Waals surface area contributed by atoms with Gasteiger partial charge in [-0.3, -0.25) is 0 Å². The molecule has 0 atom stereocenters. The summed E-state index contributed by atoms with van der Waals surface area (Å²) in [4.78, 5) is 5.47. The molecule has 0 bridgehead atoms. The molecule has 0 amide bonds. The molecular formula is C40H26N2. The predicted molar refractivity (Wildman–Crippen MR) is 179 cm³/mol. The molecule has 0 saturated carbocycles. The van der Waals surface area contributed by atoms with Crippen molar-refractivity contribution < 1.29 is 0 Å². The monoisotopic (exact) mass is 534 g/mol. The van der Waals surface area contributed by atoms with Gasteiger partial charge in [-0.2, -0.15) is 0 Å². The van der Waals surface area contributed by atoms with Gasteiger partial charge in [0.25, 0.3) is 0 Å². The summed E-state index contributed by atoms with van der Waals surface area (Å²) in [6, 6.07) is 50.6. The Balaban J connectivity index is 1.43. The third-order valence-corrected chi connectivity index (χ3v) is 8.79. The highest BCUT2D eigenvalue weighted by molar-refractivity contribution is 6.21. The van der Waals surface area contributed by atoms with Crippen LogP contribution >= 0.6 is 0 Å². The Hall–Kier alpha value is -5.47. The summed E-state index contributed by atoms with van der Waals surface area (Å²) in [7, 11) is 0. The first-order chi connectivity index (χ1) is 20.7. The van der Waals surface area contributed by atoms with Gasteiger partial charge in [0, 0.05) is 43.6 Å². The van der Waals surface area contributed by atoms with Gasteiger partial charge in [-0.25, -0.2) is 4.98 Å². The van der Waals surface area contributed by atoms with Crippen molar-refractivity contribution >= 4 is 65.2 Å². The van der Waals surface area contributed by atoms with E-state index in [1.807, 2.05) is 0 Å². The van der Waals surface area contributed by atoms with Gasteiger partial charge in [0.1, 0.15) is 0 Å². The van der Waals surface area contributed by atoms with E-state index >= 15 is 0 Å². The van der Waals surface area contributed by atoms with E-state index in [2.05, 4.69) is 151 Å². The Morgan fingerprint density at radius 1 is 0.452 bits per heavy atom. The number of benzene rings is 7. The van der Waals surface area contributed by atoms with Gasteiger partial charge >= 0.3 is 0 Å². The van der Waals surface area contributed by atoms with E-state index in [1.165, 1.54) is 65.4 Å². The van der Waals surface area contributed by atoms with E-state index in [0.717, 1.165) is 22.1 Å². The molecule has 2 nitrogen and oxygen atoms in total. The number of para-hydroxylation sites is 1. The van der Waals surface area contributed by atoms with Crippen molar-refractivity contribution in [2.45, 2.75) is 6.92 Å². The molecule has 2 heterocycles. The number of pyridine rings is 1. The van der Waals surface area contributed by atoms with Crippen molar-refractivity contribution in [2.75, 3.05) is 0 Å². The molecule has 9 rings (SSSR count). The van der Waals surface area contributed by atoms with Crippen LogP contribution in [0, 0.1) is 6.92 Å². The number of nitrogens with zero attached hydrogens (tertiary/aromatic N) is 2. The lowest BCUT2D eigenvalue weighted by Crippen LogP contribution is -1.95. The molecule has 0 spiro atoms. The van der Waals surface area contributed by atoms with Crippen molar-refractivity contribution in [2.24, 2.45) is 0 Å². The van der Waals surface area contributed by atoms with Crippen molar-refractivity contribution in [1.82, 2.24) is 9.55 Å². The largest absolute Gasteiger partial charge is 0.309 e. The molecule has 2 heteroatoms. The number of aromatic nitrogens is 2. The van der Waals surface area contributed by atoms with E-state index in [9.17, 15) is 0 Å². The van der Waals surface area contributed by atoms with Gasteiger partial charge in [-0.05, 0) is 53.6 Å². The Morgan fingerprint density at radius 3 is 1.93 bits per heavy atom. The zero-order valence-corrected chi connectivity index (χ0v) is 23.2. The smallest absolute Gasteiger partial charge is 0.0795 e. The van der Waals surface area contributed by atoms with Crippen LogP contribution in [0.1, 0.15) is 5.56 Å². The quantitative estimate of drug-likeness (QED) is 0.159. The Bertz CT molecular complexity index is 2520. The van der Waals surface area contributed by atoms with E-state index in [-0.39, 0.29) is 0 Å². The number of hydrogen-bond donors (Lipinski definition) is 0. The maximum Gasteiger partial charge on any atom is 0.0795 e. The minimum absolute atomic E-state index is 1.04. The molecule has 9 aromatic rings. The Kier molecular flexibility index (Phi) is 4.85. The molecule has 0 radical (unpaired) electrons. The Labute approximate surface area is 243 Å². The number of hydrogen-bond acceptors (Lipinski definition) is 1. The van der Waals surface area contributed by atoms with Gasteiger partial charge in [0.15, 0.2) is 0 Å². The van der Waals surface area contributed by atoms with Crippen LogP contribution in [0.15, 0.2) is 140 Å². The lowest BCUT2D eigenvalue weighted by Gasteiger charge is -2.15. The summed E-state index contributed by atoms with van der Waals surface area (Å²) in [6.45, 7) is 2.16. The molecule has 0 aliphatic heterocycles. The number of aryl methyl sites for hydroxylation is 1. The van der Waals surface area contributed by atoms with Crippen LogP contribution in [0.4, 0.5) is 0 Å². The number of rotatable bonds is 2. The number of fused-ring (bicyclic) bond motifs is 9. The van der Waals surface area contributed by atoms with E-state index in [4.69, 9.17) is 4.98 Å². The average Bonchev–Trinajstić information content (AvgIpc) is 3.37. The molecule has 0 saturated heterocycles. The fraction of sp³-hybridized carbons (Fsp3) is 0.0250. The molecule has 0 aliphatic rings. The summed E-state index contributed by atoms with van der Waals surface area (Å²) >= 11 is 0. The normalized spacial score (nSPS) is 11.9. The van der Waals surface area contributed by atoms with Crippen LogP contribution in [-0.4, -0.2) is 9.55 Å². The molecule has 0 aliphatic carbocycles.